The molecule has 1 aromatic carbocycles. The zero-order valence-corrected chi connectivity index (χ0v) is 18.2. The molecule has 2 aliphatic carbocycles. The number of carbonyl (C=O) groups is 3. The first-order chi connectivity index (χ1) is 15.8. The van der Waals surface area contributed by atoms with Crippen LogP contribution in [-0.2, 0) is 35.5 Å². The van der Waals surface area contributed by atoms with Crippen LogP contribution in [0.3, 0.4) is 0 Å². The third-order valence-electron chi connectivity index (χ3n) is 6.47. The third kappa shape index (κ3) is 4.65. The van der Waals surface area contributed by atoms with Crippen molar-refractivity contribution in [2.24, 2.45) is 23.7 Å². The maximum Gasteiger partial charge on any atom is 0.426 e. The van der Waals surface area contributed by atoms with Gasteiger partial charge in [0.2, 0.25) is 6.10 Å². The molecule has 1 saturated heterocycles. The smallest absolute Gasteiger partial charge is 0.426 e. The Kier molecular flexibility index (Phi) is 6.17. The van der Waals surface area contributed by atoms with Crippen LogP contribution in [0.25, 0.3) is 0 Å². The molecule has 1 aliphatic heterocycles. The van der Waals surface area contributed by atoms with Crippen molar-refractivity contribution < 1.29 is 54.7 Å². The number of hydrogen-bond donors (Lipinski definition) is 1. The largest absolute Gasteiger partial charge is 0.462 e. The van der Waals surface area contributed by atoms with Crippen molar-refractivity contribution in [3.8, 4) is 5.75 Å². The summed E-state index contributed by atoms with van der Waals surface area (Å²) in [4.78, 5) is 37.4. The van der Waals surface area contributed by atoms with E-state index in [0.29, 0.717) is 12.8 Å². The minimum Gasteiger partial charge on any atom is -0.462 e. The summed E-state index contributed by atoms with van der Waals surface area (Å²) in [6, 6.07) is 3.26. The highest BCUT2D eigenvalue weighted by atomic mass is 32.2. The lowest BCUT2D eigenvalue weighted by molar-refractivity contribution is -0.197. The molecule has 3 fully saturated rings. The van der Waals surface area contributed by atoms with E-state index in [1.54, 1.807) is 0 Å². The van der Waals surface area contributed by atoms with E-state index in [-0.39, 0.29) is 35.6 Å². The van der Waals surface area contributed by atoms with Gasteiger partial charge in [-0.05, 0) is 36.5 Å². The van der Waals surface area contributed by atoms with Gasteiger partial charge in [0, 0.05) is 5.92 Å². The van der Waals surface area contributed by atoms with Crippen molar-refractivity contribution in [1.29, 1.82) is 0 Å². The summed E-state index contributed by atoms with van der Waals surface area (Å²) in [6.45, 7) is 0. The fraction of sp³-hybridized carbons (Fsp3) is 0.550. The zero-order valence-electron chi connectivity index (χ0n) is 17.4. The van der Waals surface area contributed by atoms with Gasteiger partial charge in [-0.1, -0.05) is 12.4 Å². The Bertz CT molecular complexity index is 1130. The number of alkyl halides is 3. The second-order valence-corrected chi connectivity index (χ2v) is 10.1. The standard InChI is InChI=1S/C20H18BF3O9S/c21-6-9-2-1-8(17(25)33-14(20(22,23)24)7-34(28,29)30)4-12(9)31-18(26)15-10-3-11-13(5-10)32-19(27)16(11)15/h1-2,4,10-11,13-16H,3,5-7H2,(H,28,29,30). The summed E-state index contributed by atoms with van der Waals surface area (Å²) in [7, 11) is 0.519. The Hall–Kier alpha value is -2.61. The SMILES string of the molecule is [B]Cc1ccc(C(=O)OC(CS(=O)(=O)O)C(F)(F)F)cc1OC(=O)C1C2CC3OC(=O)C1C3C2. The quantitative estimate of drug-likeness (QED) is 0.255. The van der Waals surface area contributed by atoms with Crippen molar-refractivity contribution in [2.45, 2.75) is 37.5 Å². The maximum absolute atomic E-state index is 13.1. The number of benzene rings is 1. The van der Waals surface area contributed by atoms with Crippen LogP contribution in [0, 0.1) is 23.7 Å². The molecule has 34 heavy (non-hydrogen) atoms. The summed E-state index contributed by atoms with van der Waals surface area (Å²) in [6.07, 6.45) is -7.55. The first-order valence-corrected chi connectivity index (χ1v) is 11.9. The highest BCUT2D eigenvalue weighted by Gasteiger charge is 2.64. The first kappa shape index (κ1) is 24.5. The maximum atomic E-state index is 13.1. The number of esters is 3. The summed E-state index contributed by atoms with van der Waals surface area (Å²) in [5, 5.41) is 0. The van der Waals surface area contributed by atoms with E-state index >= 15 is 0 Å². The summed E-state index contributed by atoms with van der Waals surface area (Å²) < 4.78 is 84.7. The highest BCUT2D eigenvalue weighted by molar-refractivity contribution is 7.85. The minimum atomic E-state index is -5.27. The van der Waals surface area contributed by atoms with Crippen LogP contribution in [-0.4, -0.2) is 62.9 Å². The predicted molar refractivity (Wildman–Crippen MR) is 106 cm³/mol. The Balaban J connectivity index is 1.53. The van der Waals surface area contributed by atoms with E-state index in [4.69, 9.17) is 21.9 Å². The fourth-order valence-electron chi connectivity index (χ4n) is 5.03. The fourth-order valence-corrected chi connectivity index (χ4v) is 5.67. The average molecular weight is 502 g/mol. The second kappa shape index (κ2) is 8.56. The van der Waals surface area contributed by atoms with Gasteiger partial charge in [0.1, 0.15) is 17.6 Å². The number of halogens is 3. The van der Waals surface area contributed by atoms with Crippen LogP contribution in [0.4, 0.5) is 13.2 Å². The lowest BCUT2D eigenvalue weighted by Crippen LogP contribution is -2.39. The van der Waals surface area contributed by atoms with Gasteiger partial charge < -0.3 is 14.2 Å². The van der Waals surface area contributed by atoms with Crippen LogP contribution in [0.15, 0.2) is 18.2 Å². The highest BCUT2D eigenvalue weighted by Crippen LogP contribution is 2.58. The molecular weight excluding hydrogens is 484 g/mol. The first-order valence-electron chi connectivity index (χ1n) is 10.3. The van der Waals surface area contributed by atoms with Crippen LogP contribution in [0.5, 0.6) is 5.75 Å². The molecular formula is C20H18BF3O9S. The van der Waals surface area contributed by atoms with Crippen molar-refractivity contribution >= 4 is 35.9 Å². The molecule has 6 atom stereocenters. The normalized spacial score (nSPS) is 28.5. The van der Waals surface area contributed by atoms with Crippen LogP contribution in [0.2, 0.25) is 0 Å². The molecule has 2 saturated carbocycles. The molecule has 0 spiro atoms. The van der Waals surface area contributed by atoms with E-state index in [0.717, 1.165) is 12.1 Å². The minimum absolute atomic E-state index is 0.0625. The van der Waals surface area contributed by atoms with Crippen molar-refractivity contribution in [2.75, 3.05) is 5.75 Å². The predicted octanol–water partition coefficient (Wildman–Crippen LogP) is 1.43. The van der Waals surface area contributed by atoms with Gasteiger partial charge in [0.05, 0.1) is 25.2 Å². The lowest BCUT2D eigenvalue weighted by atomic mass is 9.80. The van der Waals surface area contributed by atoms with Crippen molar-refractivity contribution in [3.05, 3.63) is 29.3 Å². The molecule has 1 N–H and O–H groups in total. The number of ether oxygens (including phenoxy) is 3. The van der Waals surface area contributed by atoms with Gasteiger partial charge >= 0.3 is 24.1 Å². The van der Waals surface area contributed by atoms with Crippen molar-refractivity contribution in [3.63, 3.8) is 0 Å². The van der Waals surface area contributed by atoms with Crippen molar-refractivity contribution in [1.82, 2.24) is 0 Å². The van der Waals surface area contributed by atoms with Gasteiger partial charge in [-0.25, -0.2) is 4.79 Å². The molecule has 0 aromatic heterocycles. The van der Waals surface area contributed by atoms with E-state index in [1.807, 2.05) is 0 Å². The van der Waals surface area contributed by atoms with E-state index < -0.39 is 63.5 Å². The van der Waals surface area contributed by atoms with E-state index in [2.05, 4.69) is 4.74 Å². The van der Waals surface area contributed by atoms with E-state index in [1.165, 1.54) is 6.07 Å². The number of rotatable bonds is 7. The molecule has 4 rings (SSSR count). The monoisotopic (exact) mass is 502 g/mol. The molecule has 9 nitrogen and oxygen atoms in total. The topological polar surface area (TPSA) is 133 Å². The average Bonchev–Trinajstić information content (AvgIpc) is 3.34. The Morgan fingerprint density at radius 1 is 1.26 bits per heavy atom. The summed E-state index contributed by atoms with van der Waals surface area (Å²) >= 11 is 0. The second-order valence-electron chi connectivity index (χ2n) is 8.55. The van der Waals surface area contributed by atoms with Crippen LogP contribution >= 0.6 is 0 Å². The van der Waals surface area contributed by atoms with Gasteiger partial charge in [0.25, 0.3) is 10.1 Å². The van der Waals surface area contributed by atoms with Crippen LogP contribution < -0.4 is 4.74 Å². The number of carbonyl (C=O) groups excluding carboxylic acids is 3. The molecule has 0 amide bonds. The summed E-state index contributed by atoms with van der Waals surface area (Å²) in [5.74, 6) is -6.40. The van der Waals surface area contributed by atoms with Gasteiger partial charge in [-0.2, -0.15) is 21.6 Å². The number of fused-ring (bicyclic) bond motifs is 1. The number of hydrogen-bond acceptors (Lipinski definition) is 8. The molecule has 14 heteroatoms. The van der Waals surface area contributed by atoms with Gasteiger partial charge in [0.15, 0.2) is 0 Å². The Morgan fingerprint density at radius 3 is 2.59 bits per heavy atom. The molecule has 2 radical (unpaired) electrons. The van der Waals surface area contributed by atoms with Crippen LogP contribution in [0.1, 0.15) is 28.8 Å². The van der Waals surface area contributed by atoms with E-state index in [9.17, 15) is 36.0 Å². The Labute approximate surface area is 193 Å². The molecule has 6 unspecified atom stereocenters. The molecule has 1 aromatic rings. The summed E-state index contributed by atoms with van der Waals surface area (Å²) in [5.41, 5.74) is -0.219. The molecule has 2 bridgehead atoms. The van der Waals surface area contributed by atoms with Gasteiger partial charge in [-0.3, -0.25) is 14.1 Å². The molecule has 182 valence electrons. The third-order valence-corrected chi connectivity index (χ3v) is 7.19. The molecule has 3 aliphatic rings. The lowest BCUT2D eigenvalue weighted by Gasteiger charge is -2.23. The van der Waals surface area contributed by atoms with Gasteiger partial charge in [-0.15, -0.1) is 0 Å². The zero-order chi connectivity index (χ0) is 25.0. The molecule has 1 heterocycles. The Morgan fingerprint density at radius 2 is 1.97 bits per heavy atom.